The van der Waals surface area contributed by atoms with Gasteiger partial charge in [-0.1, -0.05) is 6.92 Å². The minimum atomic E-state index is -0.959. The van der Waals surface area contributed by atoms with E-state index >= 15 is 0 Å². The molecule has 8 nitrogen and oxygen atoms in total. The quantitative estimate of drug-likeness (QED) is 0.418. The third-order valence-electron chi connectivity index (χ3n) is 5.36. The van der Waals surface area contributed by atoms with Crippen LogP contribution in [-0.2, 0) is 14.4 Å². The number of nitrogens with one attached hydrogen (secondary N) is 2. The van der Waals surface area contributed by atoms with Gasteiger partial charge in [-0.3, -0.25) is 14.9 Å². The Balaban J connectivity index is 2.08. The first kappa shape index (κ1) is 21.1. The Kier molecular flexibility index (Phi) is 7.06. The van der Waals surface area contributed by atoms with E-state index in [9.17, 15) is 24.6 Å². The lowest BCUT2D eigenvalue weighted by atomic mass is 9.88. The van der Waals surface area contributed by atoms with Crippen LogP contribution in [0.2, 0.25) is 0 Å². The molecule has 0 aromatic rings. The van der Waals surface area contributed by atoms with Gasteiger partial charge in [0, 0.05) is 37.2 Å². The third-order valence-corrected chi connectivity index (χ3v) is 7.12. The zero-order valence-corrected chi connectivity index (χ0v) is 16.4. The number of nitrogens with zero attached hydrogens (tertiary/aromatic N) is 1. The molecule has 1 amide bonds. The van der Waals surface area contributed by atoms with Gasteiger partial charge in [0.15, 0.2) is 0 Å². The molecule has 0 radical (unpaired) electrons. The molecule has 0 aromatic carbocycles. The van der Waals surface area contributed by atoms with Crippen molar-refractivity contribution in [2.45, 2.75) is 55.0 Å². The van der Waals surface area contributed by atoms with Crippen LogP contribution >= 0.6 is 11.8 Å². The highest BCUT2D eigenvalue weighted by Crippen LogP contribution is 2.39. The molecule has 0 bridgehead atoms. The smallest absolute Gasteiger partial charge is 0.321 e. The third kappa shape index (κ3) is 4.39. The summed E-state index contributed by atoms with van der Waals surface area (Å²) < 4.78 is 0. The standard InChI is InChI=1S/C17H29N3O5S/c1-8-13(11(7-21)9(2)22)19-14(17(24)25)15(8)26-10-5-12(18-6-10)16(23)20(3)4/h7-15,18-19,22H,5-6H2,1-4H3,(H,24,25)/t8-,9-,10+,11-,12+,13-,14?,15+/m1/s1. The van der Waals surface area contributed by atoms with E-state index in [0.717, 1.165) is 0 Å². The molecule has 8 atom stereocenters. The van der Waals surface area contributed by atoms with E-state index in [-0.39, 0.29) is 34.4 Å². The van der Waals surface area contributed by atoms with Crippen molar-refractivity contribution in [3.05, 3.63) is 0 Å². The summed E-state index contributed by atoms with van der Waals surface area (Å²) in [6, 6.07) is -1.42. The summed E-state index contributed by atoms with van der Waals surface area (Å²) in [6.07, 6.45) is 0.504. The average Bonchev–Trinajstić information content (AvgIpc) is 3.14. The molecule has 26 heavy (non-hydrogen) atoms. The number of carboxylic acid groups (broad SMARTS) is 1. The van der Waals surface area contributed by atoms with Crippen LogP contribution in [0.3, 0.4) is 0 Å². The van der Waals surface area contributed by atoms with Gasteiger partial charge in [0.25, 0.3) is 0 Å². The molecule has 2 heterocycles. The summed E-state index contributed by atoms with van der Waals surface area (Å²) >= 11 is 1.56. The Bertz CT molecular complexity index is 544. The lowest BCUT2D eigenvalue weighted by Crippen LogP contribution is -2.45. The first-order valence-electron chi connectivity index (χ1n) is 8.89. The highest BCUT2D eigenvalue weighted by molar-refractivity contribution is 8.00. The van der Waals surface area contributed by atoms with E-state index < -0.39 is 24.0 Å². The van der Waals surface area contributed by atoms with Crippen LogP contribution < -0.4 is 10.6 Å². The van der Waals surface area contributed by atoms with E-state index in [0.29, 0.717) is 19.3 Å². The number of aliphatic hydroxyl groups excluding tert-OH is 1. The Labute approximate surface area is 158 Å². The maximum atomic E-state index is 12.1. The van der Waals surface area contributed by atoms with E-state index in [1.807, 2.05) is 6.92 Å². The van der Waals surface area contributed by atoms with Crippen LogP contribution in [0.15, 0.2) is 0 Å². The number of carbonyl (C=O) groups excluding carboxylic acids is 2. The maximum absolute atomic E-state index is 12.1. The van der Waals surface area contributed by atoms with E-state index in [1.165, 1.54) is 0 Å². The van der Waals surface area contributed by atoms with Crippen molar-refractivity contribution in [2.75, 3.05) is 20.6 Å². The van der Waals surface area contributed by atoms with Gasteiger partial charge in [0.1, 0.15) is 12.3 Å². The molecular weight excluding hydrogens is 358 g/mol. The number of likely N-dealkylation sites (N-methyl/N-ethyl adjacent to an activating group) is 1. The molecule has 9 heteroatoms. The molecule has 2 saturated heterocycles. The van der Waals surface area contributed by atoms with Crippen LogP contribution in [0.25, 0.3) is 0 Å². The minimum absolute atomic E-state index is 0.0217. The van der Waals surface area contributed by atoms with E-state index in [1.54, 1.807) is 37.7 Å². The number of hydrogen-bond donors (Lipinski definition) is 4. The fraction of sp³-hybridized carbons (Fsp3) is 0.824. The van der Waals surface area contributed by atoms with Crippen molar-refractivity contribution >= 4 is 29.9 Å². The largest absolute Gasteiger partial charge is 0.480 e. The molecule has 0 aliphatic carbocycles. The number of aliphatic carboxylic acids is 1. The SMILES string of the molecule is C[C@@H]1[C@H]([C@H](C=O)[C@@H](C)O)NC(C(=O)O)[C@H]1S[C@@H]1CN[C@H](C(=O)N(C)C)C1. The average molecular weight is 388 g/mol. The van der Waals surface area contributed by atoms with Gasteiger partial charge < -0.3 is 25.2 Å². The molecule has 0 spiro atoms. The Hall–Kier alpha value is -1.16. The summed E-state index contributed by atoms with van der Waals surface area (Å²) in [4.78, 5) is 36.8. The fourth-order valence-electron chi connectivity index (χ4n) is 3.87. The zero-order valence-electron chi connectivity index (χ0n) is 15.6. The number of aliphatic hydroxyl groups is 1. The van der Waals surface area contributed by atoms with Gasteiger partial charge in [-0.05, 0) is 19.3 Å². The lowest BCUT2D eigenvalue weighted by molar-refractivity contribution is -0.139. The lowest BCUT2D eigenvalue weighted by Gasteiger charge is -2.27. The zero-order chi connectivity index (χ0) is 19.6. The van der Waals surface area contributed by atoms with E-state index in [2.05, 4.69) is 10.6 Å². The van der Waals surface area contributed by atoms with Gasteiger partial charge in [-0.2, -0.15) is 11.8 Å². The van der Waals surface area contributed by atoms with Crippen LogP contribution in [0, 0.1) is 11.8 Å². The van der Waals surface area contributed by atoms with Crippen LogP contribution in [0.5, 0.6) is 0 Å². The Morgan fingerprint density at radius 3 is 2.50 bits per heavy atom. The van der Waals surface area contributed by atoms with Gasteiger partial charge in [0.2, 0.25) is 5.91 Å². The van der Waals surface area contributed by atoms with Crippen molar-refractivity contribution in [1.29, 1.82) is 0 Å². The van der Waals surface area contributed by atoms with Crippen LogP contribution in [0.1, 0.15) is 20.3 Å². The molecule has 1 unspecified atom stereocenters. The molecule has 2 rings (SSSR count). The number of carboxylic acids is 1. The van der Waals surface area contributed by atoms with Crippen molar-refractivity contribution in [2.24, 2.45) is 11.8 Å². The Morgan fingerprint density at radius 2 is 2.00 bits per heavy atom. The summed E-state index contributed by atoms with van der Waals surface area (Å²) in [5.74, 6) is -1.69. The monoisotopic (exact) mass is 387 g/mol. The topological polar surface area (TPSA) is 119 Å². The number of hydrogen-bond acceptors (Lipinski definition) is 7. The second-order valence-corrected chi connectivity index (χ2v) is 8.96. The van der Waals surface area contributed by atoms with Crippen LogP contribution in [0.4, 0.5) is 0 Å². The normalized spacial score (nSPS) is 36.5. The van der Waals surface area contributed by atoms with Gasteiger partial charge in [-0.15, -0.1) is 0 Å². The van der Waals surface area contributed by atoms with E-state index in [4.69, 9.17) is 0 Å². The molecule has 4 N–H and O–H groups in total. The predicted molar refractivity (Wildman–Crippen MR) is 99.0 cm³/mol. The van der Waals surface area contributed by atoms with Gasteiger partial charge in [0.05, 0.1) is 18.1 Å². The summed E-state index contributed by atoms with van der Waals surface area (Å²) in [6.45, 7) is 4.10. The number of amides is 1. The van der Waals surface area contributed by atoms with Crippen molar-refractivity contribution in [1.82, 2.24) is 15.5 Å². The number of carbonyl (C=O) groups is 3. The summed E-state index contributed by atoms with van der Waals surface area (Å²) in [7, 11) is 3.43. The summed E-state index contributed by atoms with van der Waals surface area (Å²) in [5, 5.41) is 25.6. The van der Waals surface area contributed by atoms with Gasteiger partial charge in [-0.25, -0.2) is 0 Å². The Morgan fingerprint density at radius 1 is 1.35 bits per heavy atom. The van der Waals surface area contributed by atoms with Gasteiger partial charge >= 0.3 is 5.97 Å². The first-order valence-corrected chi connectivity index (χ1v) is 9.83. The maximum Gasteiger partial charge on any atom is 0.321 e. The predicted octanol–water partition coefficient (Wildman–Crippen LogP) is -0.836. The molecule has 2 fully saturated rings. The van der Waals surface area contributed by atoms with Crippen molar-refractivity contribution in [3.8, 4) is 0 Å². The summed E-state index contributed by atoms with van der Waals surface area (Å²) in [5.41, 5.74) is 0. The number of thioether (sulfide) groups is 1. The number of aldehydes is 1. The van der Waals surface area contributed by atoms with Crippen molar-refractivity contribution < 1.29 is 24.6 Å². The first-order chi connectivity index (χ1) is 12.2. The molecular formula is C17H29N3O5S. The molecule has 0 saturated carbocycles. The molecule has 148 valence electrons. The second kappa shape index (κ2) is 8.69. The minimum Gasteiger partial charge on any atom is -0.480 e. The fourth-order valence-corrected chi connectivity index (χ4v) is 5.57. The molecule has 2 aliphatic rings. The molecule has 0 aromatic heterocycles. The molecule has 2 aliphatic heterocycles. The van der Waals surface area contributed by atoms with Crippen molar-refractivity contribution in [3.63, 3.8) is 0 Å². The number of rotatable bonds is 7. The highest BCUT2D eigenvalue weighted by atomic mass is 32.2. The second-order valence-electron chi connectivity index (χ2n) is 7.47. The highest BCUT2D eigenvalue weighted by Gasteiger charge is 2.49. The van der Waals surface area contributed by atoms with Crippen LogP contribution in [-0.4, -0.2) is 88.6 Å².